The molecule has 0 saturated carbocycles. The second-order valence-corrected chi connectivity index (χ2v) is 3.12. The molecule has 0 rings (SSSR count). The molecule has 0 aliphatic carbocycles. The van der Waals surface area contributed by atoms with E-state index in [2.05, 4.69) is 4.74 Å². The van der Waals surface area contributed by atoms with Crippen molar-refractivity contribution in [2.24, 2.45) is 0 Å². The summed E-state index contributed by atoms with van der Waals surface area (Å²) < 4.78 is 41.9. The molecule has 0 fully saturated rings. The maximum absolute atomic E-state index is 12.9. The highest BCUT2D eigenvalue weighted by molar-refractivity contribution is 4.60. The number of hydrogen-bond acceptors (Lipinski definition) is 1. The Bertz CT molecular complexity index is 129. The lowest BCUT2D eigenvalue weighted by Crippen LogP contribution is -2.24. The van der Waals surface area contributed by atoms with Crippen LogP contribution in [0, 0.1) is 0 Å². The number of alkyl halides is 3. The lowest BCUT2D eigenvalue weighted by atomic mass is 10.2. The maximum Gasteiger partial charge on any atom is 0.247 e. The van der Waals surface area contributed by atoms with E-state index in [9.17, 15) is 13.2 Å². The van der Waals surface area contributed by atoms with Crippen LogP contribution in [0.2, 0.25) is 0 Å². The van der Waals surface area contributed by atoms with Gasteiger partial charge in [0.15, 0.2) is 0 Å². The van der Waals surface area contributed by atoms with Crippen molar-refractivity contribution in [2.45, 2.75) is 45.4 Å². The summed E-state index contributed by atoms with van der Waals surface area (Å²) in [4.78, 5) is 0. The first-order valence-corrected chi connectivity index (χ1v) is 3.97. The van der Waals surface area contributed by atoms with Gasteiger partial charge in [-0.3, -0.25) is 0 Å². The van der Waals surface area contributed by atoms with E-state index in [1.54, 1.807) is 6.92 Å². The van der Waals surface area contributed by atoms with Crippen molar-refractivity contribution in [3.8, 4) is 0 Å². The molecule has 0 spiro atoms. The molecule has 0 saturated heterocycles. The number of ether oxygens (including phenoxy) is 1. The predicted octanol–water partition coefficient (Wildman–Crippen LogP) is 3.14. The minimum Gasteiger partial charge on any atom is -0.346 e. The number of hydrogen-bond donors (Lipinski definition) is 0. The zero-order valence-electron chi connectivity index (χ0n) is 7.66. The minimum atomic E-state index is -2.77. The third-order valence-corrected chi connectivity index (χ3v) is 1.58. The van der Waals surface area contributed by atoms with E-state index in [-0.39, 0.29) is 13.0 Å². The molecule has 0 bridgehead atoms. The zero-order valence-corrected chi connectivity index (χ0v) is 7.66. The molecule has 1 unspecified atom stereocenters. The first-order valence-electron chi connectivity index (χ1n) is 3.97. The van der Waals surface area contributed by atoms with Crippen LogP contribution in [0.3, 0.4) is 0 Å². The molecule has 0 N–H and O–H groups in total. The van der Waals surface area contributed by atoms with E-state index < -0.39 is 18.2 Å². The van der Waals surface area contributed by atoms with Crippen LogP contribution in [0.4, 0.5) is 13.2 Å². The lowest BCUT2D eigenvalue weighted by Gasteiger charge is -2.20. The molecule has 0 aromatic rings. The van der Waals surface area contributed by atoms with E-state index in [0.717, 1.165) is 6.92 Å². The van der Waals surface area contributed by atoms with Crippen molar-refractivity contribution in [1.82, 2.24) is 0 Å². The predicted molar refractivity (Wildman–Crippen MR) is 41.0 cm³/mol. The molecule has 12 heavy (non-hydrogen) atoms. The van der Waals surface area contributed by atoms with E-state index >= 15 is 0 Å². The molecule has 0 aliphatic heterocycles. The highest BCUT2D eigenvalue weighted by Crippen LogP contribution is 2.21. The van der Waals surface area contributed by atoms with Crippen LogP contribution < -0.4 is 0 Å². The van der Waals surface area contributed by atoms with Gasteiger partial charge in [-0.1, -0.05) is 6.92 Å². The minimum absolute atomic E-state index is 0.169. The monoisotopic (exact) mass is 184 g/mol. The van der Waals surface area contributed by atoms with Crippen molar-refractivity contribution in [1.29, 1.82) is 0 Å². The highest BCUT2D eigenvalue weighted by atomic mass is 19.3. The normalized spacial score (nSPS) is 17.5. The van der Waals surface area contributed by atoms with Gasteiger partial charge in [0.05, 0.1) is 6.61 Å². The van der Waals surface area contributed by atoms with Crippen LogP contribution in [0.5, 0.6) is 0 Å². The van der Waals surface area contributed by atoms with Crippen LogP contribution in [0.15, 0.2) is 0 Å². The summed E-state index contributed by atoms with van der Waals surface area (Å²) in [6, 6.07) is 0. The average molecular weight is 184 g/mol. The Morgan fingerprint density at radius 1 is 1.17 bits per heavy atom. The molecule has 0 aromatic heterocycles. The Labute approximate surface area is 70.9 Å². The van der Waals surface area contributed by atoms with Gasteiger partial charge in [0.2, 0.25) is 11.8 Å². The molecule has 1 nitrogen and oxygen atoms in total. The fourth-order valence-corrected chi connectivity index (χ4v) is 0.545. The fraction of sp³-hybridized carbons (Fsp3) is 1.00. The van der Waals surface area contributed by atoms with E-state index in [4.69, 9.17) is 0 Å². The second kappa shape index (κ2) is 4.12. The van der Waals surface area contributed by atoms with Gasteiger partial charge in [0.25, 0.3) is 0 Å². The van der Waals surface area contributed by atoms with Gasteiger partial charge < -0.3 is 4.74 Å². The Balaban J connectivity index is 3.57. The molecule has 0 amide bonds. The Hall–Kier alpha value is -0.250. The summed E-state index contributed by atoms with van der Waals surface area (Å²) >= 11 is 0. The highest BCUT2D eigenvalue weighted by Gasteiger charge is 2.25. The molecule has 1 atom stereocenters. The second-order valence-electron chi connectivity index (χ2n) is 3.12. The lowest BCUT2D eigenvalue weighted by molar-refractivity contribution is -0.146. The SMILES string of the molecule is CCC(C)(F)OCCC(C)(F)F. The van der Waals surface area contributed by atoms with Crippen LogP contribution in [-0.4, -0.2) is 18.4 Å². The molecule has 0 aliphatic rings. The maximum atomic E-state index is 12.9. The smallest absolute Gasteiger partial charge is 0.247 e. The third kappa shape index (κ3) is 6.46. The summed E-state index contributed by atoms with van der Waals surface area (Å²) in [5.41, 5.74) is 0. The Kier molecular flexibility index (Phi) is 4.03. The van der Waals surface area contributed by atoms with Gasteiger partial charge in [0, 0.05) is 12.8 Å². The quantitative estimate of drug-likeness (QED) is 0.637. The number of rotatable bonds is 5. The van der Waals surface area contributed by atoms with Crippen molar-refractivity contribution >= 4 is 0 Å². The molecule has 0 radical (unpaired) electrons. The van der Waals surface area contributed by atoms with Crippen molar-refractivity contribution in [2.75, 3.05) is 6.61 Å². The average Bonchev–Trinajstić information content (AvgIpc) is 1.84. The van der Waals surface area contributed by atoms with Gasteiger partial charge in [0.1, 0.15) is 0 Å². The molecular formula is C8H15F3O. The van der Waals surface area contributed by atoms with Crippen molar-refractivity contribution < 1.29 is 17.9 Å². The molecule has 74 valence electrons. The first-order chi connectivity index (χ1) is 5.27. The topological polar surface area (TPSA) is 9.23 Å². The van der Waals surface area contributed by atoms with Gasteiger partial charge in [-0.2, -0.15) is 0 Å². The third-order valence-electron chi connectivity index (χ3n) is 1.58. The largest absolute Gasteiger partial charge is 0.346 e. The zero-order chi connectivity index (χ0) is 9.83. The van der Waals surface area contributed by atoms with E-state index in [1.165, 1.54) is 6.92 Å². The standard InChI is InChI=1S/C8H15F3O/c1-4-8(3,11)12-6-5-7(2,9)10/h4-6H2,1-3H3. The Morgan fingerprint density at radius 3 is 2.00 bits per heavy atom. The summed E-state index contributed by atoms with van der Waals surface area (Å²) in [7, 11) is 0. The van der Waals surface area contributed by atoms with E-state index in [0.29, 0.717) is 0 Å². The van der Waals surface area contributed by atoms with Crippen molar-refractivity contribution in [3.05, 3.63) is 0 Å². The van der Waals surface area contributed by atoms with E-state index in [1.807, 2.05) is 0 Å². The molecule has 0 aromatic carbocycles. The van der Waals surface area contributed by atoms with Crippen molar-refractivity contribution in [3.63, 3.8) is 0 Å². The van der Waals surface area contributed by atoms with Crippen LogP contribution in [0.25, 0.3) is 0 Å². The van der Waals surface area contributed by atoms with Gasteiger partial charge in [-0.25, -0.2) is 13.2 Å². The number of halogens is 3. The molecular weight excluding hydrogens is 169 g/mol. The fourth-order valence-electron chi connectivity index (χ4n) is 0.545. The summed E-state index contributed by atoms with van der Waals surface area (Å²) in [6.45, 7) is 3.38. The molecule has 4 heteroatoms. The summed E-state index contributed by atoms with van der Waals surface area (Å²) in [5.74, 6) is -4.55. The summed E-state index contributed by atoms with van der Waals surface area (Å²) in [5, 5.41) is 0. The first kappa shape index (κ1) is 11.8. The van der Waals surface area contributed by atoms with Gasteiger partial charge in [-0.15, -0.1) is 0 Å². The van der Waals surface area contributed by atoms with Crippen LogP contribution >= 0.6 is 0 Å². The van der Waals surface area contributed by atoms with Crippen LogP contribution in [-0.2, 0) is 4.74 Å². The molecule has 0 heterocycles. The Morgan fingerprint density at radius 2 is 1.67 bits per heavy atom. The van der Waals surface area contributed by atoms with Crippen LogP contribution in [0.1, 0.15) is 33.6 Å². The van der Waals surface area contributed by atoms with Gasteiger partial charge in [-0.05, 0) is 13.8 Å². The summed E-state index contributed by atoms with van der Waals surface area (Å²) in [6.07, 6.45) is -0.269. The van der Waals surface area contributed by atoms with Gasteiger partial charge >= 0.3 is 0 Å².